The molecule has 84 valence electrons. The topological polar surface area (TPSA) is 47.0 Å². The van der Waals surface area contributed by atoms with E-state index in [1.807, 2.05) is 0 Å². The molecule has 0 bridgehead atoms. The van der Waals surface area contributed by atoms with Crippen LogP contribution in [0.4, 0.5) is 8.78 Å². The average molecular weight is 432 g/mol. The van der Waals surface area contributed by atoms with Crippen molar-refractivity contribution in [2.45, 2.75) is 11.5 Å². The molecule has 0 amide bonds. The van der Waals surface area contributed by atoms with E-state index in [9.17, 15) is 17.2 Å². The Morgan fingerprint density at radius 2 is 2.07 bits per heavy atom. The maximum atomic E-state index is 12.6. The maximum absolute atomic E-state index is 12.6. The molecular formula is C6H2BrClF2INO2S. The van der Waals surface area contributed by atoms with Crippen LogP contribution in [0, 0.1) is 3.57 Å². The summed E-state index contributed by atoms with van der Waals surface area (Å²) in [7, 11) is 0.727. The number of halogens is 5. The van der Waals surface area contributed by atoms with Crippen LogP contribution in [-0.4, -0.2) is 13.4 Å². The first kappa shape index (κ1) is 13.5. The smallest absolute Gasteiger partial charge is 0.227 e. The summed E-state index contributed by atoms with van der Waals surface area (Å²) < 4.78 is 47.4. The predicted octanol–water partition coefficient (Wildman–Crippen LogP) is 3.31. The van der Waals surface area contributed by atoms with Gasteiger partial charge in [-0.2, -0.15) is 0 Å². The molecule has 0 fully saturated rings. The minimum atomic E-state index is -4.28. The monoisotopic (exact) mass is 431 g/mol. The number of aromatic nitrogens is 1. The molecule has 0 aromatic carbocycles. The molecule has 0 spiro atoms. The van der Waals surface area contributed by atoms with Crippen molar-refractivity contribution in [2.24, 2.45) is 0 Å². The highest BCUT2D eigenvalue weighted by molar-refractivity contribution is 14.1. The van der Waals surface area contributed by atoms with Crippen LogP contribution < -0.4 is 0 Å². The summed E-state index contributed by atoms with van der Waals surface area (Å²) in [6.45, 7) is 0. The number of alkyl halides is 2. The molecule has 1 rings (SSSR count). The number of nitrogens with zero attached hydrogens (tertiary/aromatic N) is 1. The Hall–Kier alpha value is 0.460. The summed E-state index contributed by atoms with van der Waals surface area (Å²) >= 11 is 4.50. The van der Waals surface area contributed by atoms with Crippen LogP contribution in [0.1, 0.15) is 12.0 Å². The molecule has 1 heterocycles. The van der Waals surface area contributed by atoms with Gasteiger partial charge in [-0.25, -0.2) is 22.2 Å². The zero-order valence-corrected chi connectivity index (χ0v) is 12.0. The third-order valence-corrected chi connectivity index (χ3v) is 3.90. The van der Waals surface area contributed by atoms with Gasteiger partial charge in [0.1, 0.15) is 4.60 Å². The zero-order valence-electron chi connectivity index (χ0n) is 6.72. The van der Waals surface area contributed by atoms with E-state index >= 15 is 0 Å². The fourth-order valence-corrected chi connectivity index (χ4v) is 3.80. The van der Waals surface area contributed by atoms with E-state index in [2.05, 4.69) is 20.9 Å². The summed E-state index contributed by atoms with van der Waals surface area (Å²) in [5.74, 6) is 0. The number of rotatable bonds is 2. The van der Waals surface area contributed by atoms with Gasteiger partial charge in [-0.1, -0.05) is 0 Å². The molecule has 9 heteroatoms. The Balaban J connectivity index is 3.62. The lowest BCUT2D eigenvalue weighted by atomic mass is 10.3. The molecule has 0 saturated carbocycles. The number of pyridine rings is 1. The predicted molar refractivity (Wildman–Crippen MR) is 62.6 cm³/mol. The Morgan fingerprint density at radius 3 is 2.47 bits per heavy atom. The largest absolute Gasteiger partial charge is 0.279 e. The molecule has 15 heavy (non-hydrogen) atoms. The Bertz CT molecular complexity index is 496. The second kappa shape index (κ2) is 4.76. The molecule has 0 N–H and O–H groups in total. The standard InChI is InChI=1S/C6H2BrClF2INO2S/c7-3-1-2(11)4(5(9)10)6(12-3)15(8,13)14/h1,5H. The lowest BCUT2D eigenvalue weighted by Crippen LogP contribution is -2.05. The van der Waals surface area contributed by atoms with Gasteiger partial charge in [0, 0.05) is 14.3 Å². The van der Waals surface area contributed by atoms with Gasteiger partial charge >= 0.3 is 0 Å². The molecular weight excluding hydrogens is 430 g/mol. The normalized spacial score (nSPS) is 12.1. The van der Waals surface area contributed by atoms with Crippen molar-refractivity contribution in [3.05, 3.63) is 19.8 Å². The highest BCUT2D eigenvalue weighted by atomic mass is 127. The molecule has 0 aliphatic carbocycles. The Morgan fingerprint density at radius 1 is 1.53 bits per heavy atom. The second-order valence-electron chi connectivity index (χ2n) is 2.38. The molecule has 3 nitrogen and oxygen atoms in total. The summed E-state index contributed by atoms with van der Waals surface area (Å²) in [5, 5.41) is -0.807. The van der Waals surface area contributed by atoms with Gasteiger partial charge in [0.05, 0.1) is 5.56 Å². The van der Waals surface area contributed by atoms with Crippen LogP contribution in [0.5, 0.6) is 0 Å². The minimum absolute atomic E-state index is 0.0868. The lowest BCUT2D eigenvalue weighted by Gasteiger charge is -2.07. The molecule has 0 saturated heterocycles. The number of hydrogen-bond acceptors (Lipinski definition) is 3. The first-order valence-electron chi connectivity index (χ1n) is 3.32. The average Bonchev–Trinajstić information content (AvgIpc) is 1.99. The van der Waals surface area contributed by atoms with E-state index in [1.54, 1.807) is 22.6 Å². The van der Waals surface area contributed by atoms with Crippen LogP contribution in [0.15, 0.2) is 15.7 Å². The van der Waals surface area contributed by atoms with E-state index in [1.165, 1.54) is 6.07 Å². The van der Waals surface area contributed by atoms with Gasteiger partial charge in [-0.3, -0.25) is 0 Å². The highest BCUT2D eigenvalue weighted by Crippen LogP contribution is 2.32. The molecule has 0 unspecified atom stereocenters. The first-order valence-corrected chi connectivity index (χ1v) is 7.50. The van der Waals surface area contributed by atoms with Crippen LogP contribution in [-0.2, 0) is 9.05 Å². The molecule has 0 aliphatic rings. The minimum Gasteiger partial charge on any atom is -0.227 e. The van der Waals surface area contributed by atoms with Crippen molar-refractivity contribution in [1.29, 1.82) is 0 Å². The third kappa shape index (κ3) is 3.21. The molecule has 0 radical (unpaired) electrons. The van der Waals surface area contributed by atoms with Crippen LogP contribution in [0.2, 0.25) is 0 Å². The van der Waals surface area contributed by atoms with Crippen LogP contribution in [0.3, 0.4) is 0 Å². The van der Waals surface area contributed by atoms with E-state index in [-0.39, 0.29) is 8.17 Å². The van der Waals surface area contributed by atoms with Crippen molar-refractivity contribution in [2.75, 3.05) is 0 Å². The van der Waals surface area contributed by atoms with E-state index in [0.29, 0.717) is 0 Å². The van der Waals surface area contributed by atoms with Gasteiger partial charge < -0.3 is 0 Å². The summed E-state index contributed by atoms with van der Waals surface area (Å²) in [4.78, 5) is 3.44. The highest BCUT2D eigenvalue weighted by Gasteiger charge is 2.26. The van der Waals surface area contributed by atoms with Crippen molar-refractivity contribution >= 4 is 58.3 Å². The molecule has 0 aliphatic heterocycles. The van der Waals surface area contributed by atoms with Gasteiger partial charge in [-0.15, -0.1) is 0 Å². The maximum Gasteiger partial charge on any atom is 0.279 e. The third-order valence-electron chi connectivity index (χ3n) is 1.39. The van der Waals surface area contributed by atoms with Gasteiger partial charge in [0.15, 0.2) is 5.03 Å². The van der Waals surface area contributed by atoms with Gasteiger partial charge in [0.25, 0.3) is 15.5 Å². The van der Waals surface area contributed by atoms with Gasteiger partial charge in [0.2, 0.25) is 0 Å². The zero-order chi connectivity index (χ0) is 11.8. The van der Waals surface area contributed by atoms with E-state index in [4.69, 9.17) is 10.7 Å². The van der Waals surface area contributed by atoms with E-state index in [0.717, 1.165) is 0 Å². The summed E-state index contributed by atoms with van der Waals surface area (Å²) in [5.41, 5.74) is -0.672. The second-order valence-corrected chi connectivity index (χ2v) is 6.84. The first-order chi connectivity index (χ1) is 6.73. The van der Waals surface area contributed by atoms with Crippen LogP contribution in [0.25, 0.3) is 0 Å². The van der Waals surface area contributed by atoms with Crippen molar-refractivity contribution in [1.82, 2.24) is 4.98 Å². The van der Waals surface area contributed by atoms with Crippen molar-refractivity contribution in [3.8, 4) is 0 Å². The van der Waals surface area contributed by atoms with Crippen LogP contribution >= 0.6 is 49.2 Å². The van der Waals surface area contributed by atoms with E-state index < -0.39 is 26.1 Å². The SMILES string of the molecule is O=S(=O)(Cl)c1nc(Br)cc(I)c1C(F)F. The molecule has 1 aromatic heterocycles. The molecule has 0 atom stereocenters. The van der Waals surface area contributed by atoms with Crippen molar-refractivity contribution < 1.29 is 17.2 Å². The summed E-state index contributed by atoms with van der Waals surface area (Å²) in [6, 6.07) is 1.29. The molecule has 1 aromatic rings. The van der Waals surface area contributed by atoms with Gasteiger partial charge in [-0.05, 0) is 44.6 Å². The number of hydrogen-bond donors (Lipinski definition) is 0. The quantitative estimate of drug-likeness (QED) is 0.409. The Labute approximate surface area is 111 Å². The summed E-state index contributed by atoms with van der Waals surface area (Å²) in [6.07, 6.45) is -2.94. The van der Waals surface area contributed by atoms with Crippen molar-refractivity contribution in [3.63, 3.8) is 0 Å². The fraction of sp³-hybridized carbons (Fsp3) is 0.167. The Kier molecular flexibility index (Phi) is 4.29. The lowest BCUT2D eigenvalue weighted by molar-refractivity contribution is 0.146. The fourth-order valence-electron chi connectivity index (χ4n) is 0.857.